The molecule has 1 aromatic carbocycles. The molecule has 0 aromatic heterocycles. The zero-order valence-corrected chi connectivity index (χ0v) is 18.0. The van der Waals surface area contributed by atoms with Crippen molar-refractivity contribution in [1.29, 1.82) is 0 Å². The molecule has 6 atom stereocenters. The van der Waals surface area contributed by atoms with Crippen molar-refractivity contribution >= 4 is 23.4 Å². The molecule has 0 aliphatic carbocycles. The Balaban J connectivity index is 1.64. The zero-order valence-electron chi connectivity index (χ0n) is 18.0. The number of benzene rings is 1. The molecule has 1 spiro atoms. The van der Waals surface area contributed by atoms with Crippen molar-refractivity contribution in [3.8, 4) is 0 Å². The Morgan fingerprint density at radius 1 is 1.29 bits per heavy atom. The van der Waals surface area contributed by atoms with Gasteiger partial charge < -0.3 is 25.4 Å². The third-order valence-corrected chi connectivity index (χ3v) is 6.90. The minimum absolute atomic E-state index is 0.264. The lowest BCUT2D eigenvalue weighted by Gasteiger charge is -2.35. The number of carbonyl (C=O) groups is 3. The Morgan fingerprint density at radius 2 is 2.03 bits per heavy atom. The SMILES string of the molecule is CCCCNC(=O)C1N([C@H](C)CO)C(=O)[C@@H]2[C@@H](C(=O)Nc3ccccc3)[C@H]3CCC12O3. The lowest BCUT2D eigenvalue weighted by atomic mass is 9.70. The summed E-state index contributed by atoms with van der Waals surface area (Å²) in [5.41, 5.74) is -0.371. The number of nitrogens with one attached hydrogen (secondary N) is 2. The van der Waals surface area contributed by atoms with Gasteiger partial charge in [-0.05, 0) is 38.3 Å². The average Bonchev–Trinajstić information content (AvgIpc) is 3.41. The van der Waals surface area contributed by atoms with Gasteiger partial charge in [0, 0.05) is 12.2 Å². The number of aliphatic hydroxyl groups is 1. The normalized spacial score (nSPS) is 32.1. The van der Waals surface area contributed by atoms with Crippen LogP contribution in [0.25, 0.3) is 0 Å². The molecule has 168 valence electrons. The number of anilines is 1. The first-order valence-corrected chi connectivity index (χ1v) is 11.2. The molecule has 2 unspecified atom stereocenters. The number of rotatable bonds is 8. The molecule has 31 heavy (non-hydrogen) atoms. The van der Waals surface area contributed by atoms with Crippen molar-refractivity contribution in [3.63, 3.8) is 0 Å². The minimum Gasteiger partial charge on any atom is -0.394 e. The van der Waals surface area contributed by atoms with Crippen LogP contribution >= 0.6 is 0 Å². The number of unbranched alkanes of at least 4 members (excludes halogenated alkanes) is 1. The van der Waals surface area contributed by atoms with Gasteiger partial charge >= 0.3 is 0 Å². The highest BCUT2D eigenvalue weighted by Crippen LogP contribution is 2.58. The molecule has 3 aliphatic rings. The molecule has 3 N–H and O–H groups in total. The second-order valence-electron chi connectivity index (χ2n) is 8.83. The quantitative estimate of drug-likeness (QED) is 0.540. The maximum absolute atomic E-state index is 13.6. The highest BCUT2D eigenvalue weighted by Gasteiger charge is 2.74. The lowest BCUT2D eigenvalue weighted by Crippen LogP contribution is -2.57. The zero-order chi connectivity index (χ0) is 22.2. The van der Waals surface area contributed by atoms with Crippen LogP contribution in [-0.2, 0) is 19.1 Å². The average molecular weight is 430 g/mol. The van der Waals surface area contributed by atoms with E-state index in [1.807, 2.05) is 25.1 Å². The summed E-state index contributed by atoms with van der Waals surface area (Å²) in [6, 6.07) is 7.72. The summed E-state index contributed by atoms with van der Waals surface area (Å²) in [4.78, 5) is 41.4. The molecule has 1 aromatic rings. The van der Waals surface area contributed by atoms with Crippen LogP contribution in [0.1, 0.15) is 39.5 Å². The topological polar surface area (TPSA) is 108 Å². The number of likely N-dealkylation sites (tertiary alicyclic amines) is 1. The predicted octanol–water partition coefficient (Wildman–Crippen LogP) is 1.30. The van der Waals surface area contributed by atoms with Crippen LogP contribution in [0.5, 0.6) is 0 Å². The fraction of sp³-hybridized carbons (Fsp3) is 0.609. The number of fused-ring (bicyclic) bond motifs is 1. The first-order chi connectivity index (χ1) is 14.9. The van der Waals surface area contributed by atoms with E-state index in [1.165, 1.54) is 4.90 Å². The third kappa shape index (κ3) is 3.51. The lowest BCUT2D eigenvalue weighted by molar-refractivity contribution is -0.144. The van der Waals surface area contributed by atoms with Crippen LogP contribution in [0.15, 0.2) is 30.3 Å². The van der Waals surface area contributed by atoms with E-state index < -0.39 is 35.6 Å². The van der Waals surface area contributed by atoms with Crippen LogP contribution in [0.4, 0.5) is 5.69 Å². The van der Waals surface area contributed by atoms with Gasteiger partial charge in [0.2, 0.25) is 17.7 Å². The first kappa shape index (κ1) is 21.8. The van der Waals surface area contributed by atoms with Gasteiger partial charge in [0.25, 0.3) is 0 Å². The fourth-order valence-electron chi connectivity index (χ4n) is 5.49. The highest BCUT2D eigenvalue weighted by molar-refractivity contribution is 6.02. The number of hydrogen-bond donors (Lipinski definition) is 3. The van der Waals surface area contributed by atoms with E-state index in [-0.39, 0.29) is 24.3 Å². The molecule has 0 radical (unpaired) electrons. The highest BCUT2D eigenvalue weighted by atomic mass is 16.5. The largest absolute Gasteiger partial charge is 0.394 e. The molecule has 8 nitrogen and oxygen atoms in total. The van der Waals surface area contributed by atoms with Gasteiger partial charge in [-0.1, -0.05) is 31.5 Å². The van der Waals surface area contributed by atoms with Crippen LogP contribution < -0.4 is 10.6 Å². The van der Waals surface area contributed by atoms with Gasteiger partial charge in [-0.2, -0.15) is 0 Å². The monoisotopic (exact) mass is 429 g/mol. The standard InChI is InChI=1S/C23H31N3O5/c1-3-4-12-24-21(29)19-23-11-10-16(31-23)17(18(23)22(30)26(19)14(2)13-27)20(28)25-15-8-6-5-7-9-15/h5-9,14,16-19,27H,3-4,10-13H2,1-2H3,(H,24,29)(H,25,28)/t14-,16-,17+,18+,19?,23?/m1/s1. The van der Waals surface area contributed by atoms with Crippen LogP contribution in [0.2, 0.25) is 0 Å². The molecule has 3 aliphatic heterocycles. The first-order valence-electron chi connectivity index (χ1n) is 11.2. The molecule has 2 bridgehead atoms. The Kier molecular flexibility index (Phi) is 6.03. The number of hydrogen-bond acceptors (Lipinski definition) is 5. The molecular formula is C23H31N3O5. The summed E-state index contributed by atoms with van der Waals surface area (Å²) in [5, 5.41) is 15.6. The number of para-hydroxylation sites is 1. The number of nitrogens with zero attached hydrogens (tertiary/aromatic N) is 1. The molecule has 3 amide bonds. The van der Waals surface area contributed by atoms with E-state index in [2.05, 4.69) is 10.6 Å². The molecule has 4 rings (SSSR count). The number of ether oxygens (including phenoxy) is 1. The second-order valence-corrected chi connectivity index (χ2v) is 8.83. The molecule has 3 saturated heterocycles. The molecule has 0 saturated carbocycles. The molecule has 3 fully saturated rings. The smallest absolute Gasteiger partial charge is 0.245 e. The fourth-order valence-corrected chi connectivity index (χ4v) is 5.49. The maximum atomic E-state index is 13.6. The van der Waals surface area contributed by atoms with E-state index in [0.717, 1.165) is 12.8 Å². The van der Waals surface area contributed by atoms with Gasteiger partial charge in [0.15, 0.2) is 0 Å². The van der Waals surface area contributed by atoms with Crippen molar-refractivity contribution in [2.24, 2.45) is 11.8 Å². The van der Waals surface area contributed by atoms with Crippen molar-refractivity contribution in [2.75, 3.05) is 18.5 Å². The van der Waals surface area contributed by atoms with E-state index in [9.17, 15) is 19.5 Å². The van der Waals surface area contributed by atoms with Crippen molar-refractivity contribution < 1.29 is 24.2 Å². The van der Waals surface area contributed by atoms with Gasteiger partial charge in [0.05, 0.1) is 30.6 Å². The van der Waals surface area contributed by atoms with Gasteiger partial charge in [-0.25, -0.2) is 0 Å². The van der Waals surface area contributed by atoms with E-state index in [4.69, 9.17) is 4.74 Å². The summed E-state index contributed by atoms with van der Waals surface area (Å²) >= 11 is 0. The number of amides is 3. The summed E-state index contributed by atoms with van der Waals surface area (Å²) < 4.78 is 6.32. The molecule has 3 heterocycles. The summed E-state index contributed by atoms with van der Waals surface area (Å²) in [5.74, 6) is -2.21. The second kappa shape index (κ2) is 8.59. The third-order valence-electron chi connectivity index (χ3n) is 6.90. The van der Waals surface area contributed by atoms with Crippen LogP contribution in [0, 0.1) is 11.8 Å². The Bertz CT molecular complexity index is 847. The van der Waals surface area contributed by atoms with Gasteiger partial charge in [-0.3, -0.25) is 14.4 Å². The minimum atomic E-state index is -1.03. The van der Waals surface area contributed by atoms with Crippen molar-refractivity contribution in [2.45, 2.75) is 63.3 Å². The van der Waals surface area contributed by atoms with E-state index >= 15 is 0 Å². The summed E-state index contributed by atoms with van der Waals surface area (Å²) in [7, 11) is 0. The van der Waals surface area contributed by atoms with Crippen molar-refractivity contribution in [1.82, 2.24) is 10.2 Å². The van der Waals surface area contributed by atoms with E-state index in [0.29, 0.717) is 25.1 Å². The van der Waals surface area contributed by atoms with E-state index in [1.54, 1.807) is 19.1 Å². The number of carbonyl (C=O) groups excluding carboxylic acids is 3. The summed E-state index contributed by atoms with van der Waals surface area (Å²) in [6.07, 6.45) is 2.55. The van der Waals surface area contributed by atoms with Crippen molar-refractivity contribution in [3.05, 3.63) is 30.3 Å². The molecular weight excluding hydrogens is 398 g/mol. The van der Waals surface area contributed by atoms with Gasteiger partial charge in [0.1, 0.15) is 11.6 Å². The Labute approximate surface area is 182 Å². The van der Waals surface area contributed by atoms with Crippen LogP contribution in [-0.4, -0.2) is 64.7 Å². The van der Waals surface area contributed by atoms with Gasteiger partial charge in [-0.15, -0.1) is 0 Å². The Hall–Kier alpha value is -2.45. The molecule has 8 heteroatoms. The Morgan fingerprint density at radius 3 is 2.71 bits per heavy atom. The maximum Gasteiger partial charge on any atom is 0.245 e. The van der Waals surface area contributed by atoms with Crippen LogP contribution in [0.3, 0.4) is 0 Å². The predicted molar refractivity (Wildman–Crippen MR) is 114 cm³/mol. The summed E-state index contributed by atoms with van der Waals surface area (Å²) in [6.45, 7) is 4.01. The number of aliphatic hydroxyl groups excluding tert-OH is 1.